The van der Waals surface area contributed by atoms with Crippen molar-refractivity contribution in [2.45, 2.75) is 0 Å². The molecular weight excluding hydrogens is 250 g/mol. The predicted octanol–water partition coefficient (Wildman–Crippen LogP) is 3.29. The zero-order valence-electron chi connectivity index (χ0n) is 9.64. The molecule has 3 aromatic rings. The van der Waals surface area contributed by atoms with E-state index >= 15 is 0 Å². The average molecular weight is 260 g/mol. The molecule has 0 spiro atoms. The molecule has 3 rings (SSSR count). The van der Waals surface area contributed by atoms with Gasteiger partial charge in [0.05, 0.1) is 23.9 Å². The highest BCUT2D eigenvalue weighted by atomic mass is 35.5. The summed E-state index contributed by atoms with van der Waals surface area (Å²) in [4.78, 5) is 11.5. The molecule has 1 N–H and O–H groups in total. The monoisotopic (exact) mass is 259 g/mol. The van der Waals surface area contributed by atoms with E-state index in [-0.39, 0.29) is 0 Å². The van der Waals surface area contributed by atoms with Crippen molar-refractivity contribution in [3.05, 3.63) is 41.8 Å². The zero-order valence-corrected chi connectivity index (χ0v) is 10.4. The summed E-state index contributed by atoms with van der Waals surface area (Å²) in [6, 6.07) is 7.61. The lowest BCUT2D eigenvalue weighted by molar-refractivity contribution is 0.399. The van der Waals surface area contributed by atoms with E-state index in [4.69, 9.17) is 16.3 Å². The number of aromatic nitrogens is 3. The normalized spacial score (nSPS) is 10.8. The molecule has 0 bridgehead atoms. The van der Waals surface area contributed by atoms with Gasteiger partial charge in [0.2, 0.25) is 5.88 Å². The van der Waals surface area contributed by atoms with Crippen LogP contribution in [0.5, 0.6) is 5.88 Å². The van der Waals surface area contributed by atoms with E-state index < -0.39 is 0 Å². The highest BCUT2D eigenvalue weighted by Crippen LogP contribution is 2.29. The van der Waals surface area contributed by atoms with Gasteiger partial charge in [-0.3, -0.25) is 0 Å². The van der Waals surface area contributed by atoms with E-state index in [1.54, 1.807) is 25.6 Å². The van der Waals surface area contributed by atoms with Crippen LogP contribution >= 0.6 is 11.6 Å². The number of H-pyrrole nitrogens is 1. The Morgan fingerprint density at radius 3 is 3.00 bits per heavy atom. The van der Waals surface area contributed by atoms with E-state index in [1.165, 1.54) is 0 Å². The fourth-order valence-electron chi connectivity index (χ4n) is 1.90. The summed E-state index contributed by atoms with van der Waals surface area (Å²) < 4.78 is 5.25. The van der Waals surface area contributed by atoms with Crippen LogP contribution in [-0.4, -0.2) is 22.1 Å². The summed E-state index contributed by atoms with van der Waals surface area (Å²) in [5, 5.41) is 1.47. The van der Waals surface area contributed by atoms with Gasteiger partial charge in [0, 0.05) is 17.8 Å². The number of rotatable bonds is 2. The summed E-state index contributed by atoms with van der Waals surface area (Å²) in [5.41, 5.74) is 2.78. The SMILES string of the molecule is COc1ncccc1-c1cc2cnc(Cl)cc2[nH]1. The van der Waals surface area contributed by atoms with Gasteiger partial charge in [-0.1, -0.05) is 11.6 Å². The molecule has 0 saturated carbocycles. The molecular formula is C13H10ClN3O. The Kier molecular flexibility index (Phi) is 2.64. The van der Waals surface area contributed by atoms with Gasteiger partial charge in [-0.15, -0.1) is 0 Å². The topological polar surface area (TPSA) is 50.8 Å². The van der Waals surface area contributed by atoms with E-state index in [9.17, 15) is 0 Å². The lowest BCUT2D eigenvalue weighted by Crippen LogP contribution is -1.90. The molecule has 0 fully saturated rings. The molecule has 0 unspecified atom stereocenters. The van der Waals surface area contributed by atoms with Crippen LogP contribution in [0.15, 0.2) is 36.7 Å². The van der Waals surface area contributed by atoms with Crippen molar-refractivity contribution in [1.82, 2.24) is 15.0 Å². The Morgan fingerprint density at radius 1 is 1.28 bits per heavy atom. The largest absolute Gasteiger partial charge is 0.481 e. The van der Waals surface area contributed by atoms with Crippen LogP contribution in [0, 0.1) is 0 Å². The van der Waals surface area contributed by atoms with Gasteiger partial charge in [0.1, 0.15) is 5.15 Å². The lowest BCUT2D eigenvalue weighted by Gasteiger charge is -2.04. The van der Waals surface area contributed by atoms with Gasteiger partial charge in [-0.25, -0.2) is 9.97 Å². The number of methoxy groups -OCH3 is 1. The number of fused-ring (bicyclic) bond motifs is 1. The van der Waals surface area contributed by atoms with Crippen molar-refractivity contribution in [3.8, 4) is 17.1 Å². The van der Waals surface area contributed by atoms with Gasteiger partial charge < -0.3 is 9.72 Å². The molecule has 0 aliphatic rings. The van der Waals surface area contributed by atoms with Crippen molar-refractivity contribution >= 4 is 22.5 Å². The van der Waals surface area contributed by atoms with Gasteiger partial charge >= 0.3 is 0 Å². The highest BCUT2D eigenvalue weighted by molar-refractivity contribution is 6.30. The molecule has 18 heavy (non-hydrogen) atoms. The second-order valence-corrected chi connectivity index (χ2v) is 4.22. The Bertz CT molecular complexity index is 708. The first-order valence-electron chi connectivity index (χ1n) is 5.41. The minimum absolute atomic E-state index is 0.467. The van der Waals surface area contributed by atoms with Crippen LogP contribution < -0.4 is 4.74 Å². The van der Waals surface area contributed by atoms with E-state index in [0.717, 1.165) is 22.2 Å². The Labute approximate surface area is 109 Å². The first-order valence-corrected chi connectivity index (χ1v) is 5.79. The summed E-state index contributed by atoms with van der Waals surface area (Å²) in [5.74, 6) is 0.586. The molecule has 0 aromatic carbocycles. The number of pyridine rings is 2. The predicted molar refractivity (Wildman–Crippen MR) is 70.9 cm³/mol. The van der Waals surface area contributed by atoms with Gasteiger partial charge in [0.25, 0.3) is 0 Å². The Balaban J connectivity index is 2.19. The smallest absolute Gasteiger partial charge is 0.222 e. The molecule has 5 heteroatoms. The third kappa shape index (κ3) is 1.80. The van der Waals surface area contributed by atoms with Crippen LogP contribution in [0.4, 0.5) is 0 Å². The van der Waals surface area contributed by atoms with Gasteiger partial charge in [-0.05, 0) is 24.3 Å². The highest BCUT2D eigenvalue weighted by Gasteiger charge is 2.09. The second kappa shape index (κ2) is 4.31. The van der Waals surface area contributed by atoms with Crippen molar-refractivity contribution in [3.63, 3.8) is 0 Å². The van der Waals surface area contributed by atoms with Crippen LogP contribution in [0.1, 0.15) is 0 Å². The summed E-state index contributed by atoms with van der Waals surface area (Å²) in [6.45, 7) is 0. The van der Waals surface area contributed by atoms with Gasteiger partial charge in [-0.2, -0.15) is 0 Å². The standard InChI is InChI=1S/C13H10ClN3O/c1-18-13-9(3-2-4-15-13)11-5-8-7-16-12(14)6-10(8)17-11/h2-7,17H,1H3. The molecule has 0 saturated heterocycles. The maximum Gasteiger partial charge on any atom is 0.222 e. The number of hydrogen-bond acceptors (Lipinski definition) is 3. The van der Waals surface area contributed by atoms with E-state index in [2.05, 4.69) is 15.0 Å². The summed E-state index contributed by atoms with van der Waals surface area (Å²) in [6.07, 6.45) is 3.43. The third-order valence-electron chi connectivity index (χ3n) is 2.73. The molecule has 0 aliphatic heterocycles. The number of aromatic amines is 1. The molecule has 3 aromatic heterocycles. The first-order chi connectivity index (χ1) is 8.78. The van der Waals surface area contributed by atoms with Crippen LogP contribution in [-0.2, 0) is 0 Å². The molecule has 0 aliphatic carbocycles. The van der Waals surface area contributed by atoms with Crippen molar-refractivity contribution in [2.24, 2.45) is 0 Å². The number of halogens is 1. The van der Waals surface area contributed by atoms with Crippen molar-refractivity contribution in [1.29, 1.82) is 0 Å². The molecule has 3 heterocycles. The number of nitrogens with one attached hydrogen (secondary N) is 1. The molecule has 0 amide bonds. The maximum atomic E-state index is 5.86. The van der Waals surface area contributed by atoms with Crippen LogP contribution in [0.2, 0.25) is 5.15 Å². The number of nitrogens with zero attached hydrogens (tertiary/aromatic N) is 2. The molecule has 90 valence electrons. The summed E-state index contributed by atoms with van der Waals surface area (Å²) in [7, 11) is 1.60. The van der Waals surface area contributed by atoms with Crippen LogP contribution in [0.25, 0.3) is 22.2 Å². The van der Waals surface area contributed by atoms with E-state index in [1.807, 2.05) is 18.2 Å². The third-order valence-corrected chi connectivity index (χ3v) is 2.93. The number of ether oxygens (including phenoxy) is 1. The molecule has 4 nitrogen and oxygen atoms in total. The van der Waals surface area contributed by atoms with E-state index in [0.29, 0.717) is 11.0 Å². The lowest BCUT2D eigenvalue weighted by atomic mass is 10.2. The summed E-state index contributed by atoms with van der Waals surface area (Å²) >= 11 is 5.86. The number of hydrogen-bond donors (Lipinski definition) is 1. The first kappa shape index (κ1) is 11.0. The molecule has 0 radical (unpaired) electrons. The van der Waals surface area contributed by atoms with Gasteiger partial charge in [0.15, 0.2) is 0 Å². The Hall–Kier alpha value is -2.07. The fourth-order valence-corrected chi connectivity index (χ4v) is 2.06. The van der Waals surface area contributed by atoms with Crippen LogP contribution in [0.3, 0.4) is 0 Å². The Morgan fingerprint density at radius 2 is 2.17 bits per heavy atom. The second-order valence-electron chi connectivity index (χ2n) is 3.84. The minimum atomic E-state index is 0.467. The average Bonchev–Trinajstić information content (AvgIpc) is 2.81. The zero-order chi connectivity index (χ0) is 12.5. The fraction of sp³-hybridized carbons (Fsp3) is 0.0769. The maximum absolute atomic E-state index is 5.86. The minimum Gasteiger partial charge on any atom is -0.481 e. The van der Waals surface area contributed by atoms with Crippen molar-refractivity contribution in [2.75, 3.05) is 7.11 Å². The molecule has 0 atom stereocenters. The van der Waals surface area contributed by atoms with Crippen molar-refractivity contribution < 1.29 is 4.74 Å². The quantitative estimate of drug-likeness (QED) is 0.719.